The van der Waals surface area contributed by atoms with Crippen LogP contribution in [0.4, 0.5) is 0 Å². The number of rotatable bonds is 1. The Hall–Kier alpha value is -0.410. The fraction of sp³-hybridized carbons (Fsp3) is 0.545. The third-order valence-corrected chi connectivity index (χ3v) is 3.43. The summed E-state index contributed by atoms with van der Waals surface area (Å²) >= 11 is 3.40. The van der Waals surface area contributed by atoms with Gasteiger partial charge in [-0.05, 0) is 52.4 Å². The van der Waals surface area contributed by atoms with Gasteiger partial charge in [0.2, 0.25) is 0 Å². The highest BCUT2D eigenvalue weighted by molar-refractivity contribution is 9.10. The van der Waals surface area contributed by atoms with Crippen molar-refractivity contribution in [3.63, 3.8) is 0 Å². The average Bonchev–Trinajstić information content (AvgIpc) is 2.18. The lowest BCUT2D eigenvalue weighted by Crippen LogP contribution is -2.31. The van der Waals surface area contributed by atoms with Crippen molar-refractivity contribution in [2.45, 2.75) is 37.6 Å². The summed E-state index contributed by atoms with van der Waals surface area (Å²) in [5, 5.41) is 0. The zero-order chi connectivity index (χ0) is 9.97. The van der Waals surface area contributed by atoms with Crippen LogP contribution in [0.25, 0.3) is 0 Å². The molecule has 0 spiro atoms. The summed E-state index contributed by atoms with van der Waals surface area (Å²) in [6.45, 7) is 0. The molecule has 14 heavy (non-hydrogen) atoms. The van der Waals surface area contributed by atoms with Crippen LogP contribution in [0.3, 0.4) is 0 Å². The number of hydrogen-bond acceptors (Lipinski definition) is 2. The van der Waals surface area contributed by atoms with Gasteiger partial charge in [-0.25, -0.2) is 4.98 Å². The van der Waals surface area contributed by atoms with Crippen molar-refractivity contribution in [2.24, 2.45) is 5.73 Å². The van der Waals surface area contributed by atoms with E-state index >= 15 is 0 Å². The Morgan fingerprint density at radius 1 is 1.36 bits per heavy atom. The molecule has 1 heterocycles. The van der Waals surface area contributed by atoms with Gasteiger partial charge >= 0.3 is 0 Å². The second-order valence-corrected chi connectivity index (χ2v) is 4.78. The summed E-state index contributed by atoms with van der Waals surface area (Å²) in [5.74, 6) is 0.531. The molecule has 0 saturated heterocycles. The monoisotopic (exact) mass is 254 g/mol. The van der Waals surface area contributed by atoms with Crippen molar-refractivity contribution in [2.75, 3.05) is 0 Å². The highest BCUT2D eigenvalue weighted by Gasteiger charge is 2.23. The Balaban J connectivity index is 2.20. The molecule has 0 radical (unpaired) electrons. The number of pyridine rings is 1. The highest BCUT2D eigenvalue weighted by Crippen LogP contribution is 2.32. The van der Waals surface area contributed by atoms with Crippen LogP contribution >= 0.6 is 15.9 Å². The molecule has 1 saturated carbocycles. The second kappa shape index (κ2) is 4.41. The van der Waals surface area contributed by atoms with Gasteiger partial charge in [0.15, 0.2) is 0 Å². The van der Waals surface area contributed by atoms with Gasteiger partial charge in [-0.3, -0.25) is 0 Å². The topological polar surface area (TPSA) is 38.9 Å². The average molecular weight is 255 g/mol. The van der Waals surface area contributed by atoms with Gasteiger partial charge in [0.1, 0.15) is 4.60 Å². The van der Waals surface area contributed by atoms with E-state index in [1.807, 2.05) is 6.20 Å². The van der Waals surface area contributed by atoms with Gasteiger partial charge < -0.3 is 5.73 Å². The largest absolute Gasteiger partial charge is 0.327 e. The maximum atomic E-state index is 6.13. The predicted molar refractivity (Wildman–Crippen MR) is 61.1 cm³/mol. The summed E-state index contributed by atoms with van der Waals surface area (Å²) in [6.07, 6.45) is 6.81. The zero-order valence-corrected chi connectivity index (χ0v) is 9.70. The quantitative estimate of drug-likeness (QED) is 0.783. The van der Waals surface area contributed by atoms with Crippen molar-refractivity contribution < 1.29 is 0 Å². The molecule has 0 aliphatic heterocycles. The van der Waals surface area contributed by atoms with Crippen LogP contribution < -0.4 is 5.73 Å². The Morgan fingerprint density at radius 3 is 2.86 bits per heavy atom. The SMILES string of the molecule is NC1CCCCC1c1ccnc(Br)c1. The van der Waals surface area contributed by atoms with E-state index in [4.69, 9.17) is 5.73 Å². The fourth-order valence-electron chi connectivity index (χ4n) is 2.22. The van der Waals surface area contributed by atoms with Crippen LogP contribution in [-0.4, -0.2) is 11.0 Å². The summed E-state index contributed by atoms with van der Waals surface area (Å²) in [6, 6.07) is 4.51. The molecule has 1 fully saturated rings. The van der Waals surface area contributed by atoms with Crippen LogP contribution in [0.5, 0.6) is 0 Å². The van der Waals surface area contributed by atoms with Crippen molar-refractivity contribution >= 4 is 15.9 Å². The maximum absolute atomic E-state index is 6.13. The van der Waals surface area contributed by atoms with E-state index in [-0.39, 0.29) is 0 Å². The normalized spacial score (nSPS) is 27.6. The molecule has 2 rings (SSSR count). The molecule has 1 aromatic rings. The van der Waals surface area contributed by atoms with E-state index in [1.54, 1.807) is 0 Å². The minimum Gasteiger partial charge on any atom is -0.327 e. The Labute approximate surface area is 93.0 Å². The molecule has 0 aromatic carbocycles. The van der Waals surface area contributed by atoms with E-state index in [1.165, 1.54) is 24.8 Å². The molecule has 1 aliphatic rings. The summed E-state index contributed by atoms with van der Waals surface area (Å²) in [4.78, 5) is 4.14. The molecule has 2 unspecified atom stereocenters. The summed E-state index contributed by atoms with van der Waals surface area (Å²) < 4.78 is 0.910. The molecule has 0 amide bonds. The summed E-state index contributed by atoms with van der Waals surface area (Å²) in [7, 11) is 0. The van der Waals surface area contributed by atoms with E-state index < -0.39 is 0 Å². The second-order valence-electron chi connectivity index (χ2n) is 3.97. The molecule has 0 bridgehead atoms. The Morgan fingerprint density at radius 2 is 2.14 bits per heavy atom. The first-order valence-corrected chi connectivity index (χ1v) is 5.93. The van der Waals surface area contributed by atoms with Crippen LogP contribution in [0, 0.1) is 0 Å². The first-order valence-electron chi connectivity index (χ1n) is 5.14. The minimum absolute atomic E-state index is 0.332. The smallest absolute Gasteiger partial charge is 0.106 e. The highest BCUT2D eigenvalue weighted by atomic mass is 79.9. The van der Waals surface area contributed by atoms with Crippen molar-refractivity contribution in [1.29, 1.82) is 0 Å². The van der Waals surface area contributed by atoms with Crippen molar-refractivity contribution in [1.82, 2.24) is 4.98 Å². The fourth-order valence-corrected chi connectivity index (χ4v) is 2.60. The molecule has 76 valence electrons. The molecule has 1 aliphatic carbocycles. The van der Waals surface area contributed by atoms with Crippen LogP contribution in [-0.2, 0) is 0 Å². The van der Waals surface area contributed by atoms with Gasteiger partial charge in [0.25, 0.3) is 0 Å². The minimum atomic E-state index is 0.332. The lowest BCUT2D eigenvalue weighted by molar-refractivity contribution is 0.385. The third-order valence-electron chi connectivity index (χ3n) is 3.00. The van der Waals surface area contributed by atoms with E-state index in [2.05, 4.69) is 33.0 Å². The molecule has 2 nitrogen and oxygen atoms in total. The van der Waals surface area contributed by atoms with Gasteiger partial charge in [0.05, 0.1) is 0 Å². The standard InChI is InChI=1S/C11H15BrN2/c12-11-7-8(5-6-14-11)9-3-1-2-4-10(9)13/h5-7,9-10H,1-4,13H2. The number of hydrogen-bond donors (Lipinski definition) is 1. The van der Waals surface area contributed by atoms with E-state index in [0.717, 1.165) is 11.0 Å². The third kappa shape index (κ3) is 2.15. The van der Waals surface area contributed by atoms with Gasteiger partial charge in [0, 0.05) is 12.2 Å². The molecule has 3 heteroatoms. The predicted octanol–water partition coefficient (Wildman–Crippen LogP) is 2.83. The van der Waals surface area contributed by atoms with E-state index in [9.17, 15) is 0 Å². The number of halogens is 1. The van der Waals surface area contributed by atoms with Crippen molar-refractivity contribution in [3.05, 3.63) is 28.5 Å². The van der Waals surface area contributed by atoms with Gasteiger partial charge in [-0.1, -0.05) is 12.8 Å². The number of nitrogens with two attached hydrogens (primary N) is 1. The van der Waals surface area contributed by atoms with E-state index in [0.29, 0.717) is 12.0 Å². The van der Waals surface area contributed by atoms with Gasteiger partial charge in [-0.15, -0.1) is 0 Å². The maximum Gasteiger partial charge on any atom is 0.106 e. The lowest BCUT2D eigenvalue weighted by Gasteiger charge is -2.28. The number of aromatic nitrogens is 1. The first-order chi connectivity index (χ1) is 6.77. The molecular weight excluding hydrogens is 240 g/mol. The van der Waals surface area contributed by atoms with Crippen LogP contribution in [0.2, 0.25) is 0 Å². The first kappa shape index (κ1) is 10.1. The molecule has 2 atom stereocenters. The molecule has 2 N–H and O–H groups in total. The van der Waals surface area contributed by atoms with Crippen LogP contribution in [0.1, 0.15) is 37.2 Å². The van der Waals surface area contributed by atoms with Crippen molar-refractivity contribution in [3.8, 4) is 0 Å². The molecule has 1 aromatic heterocycles. The van der Waals surface area contributed by atoms with Crippen LogP contribution in [0.15, 0.2) is 22.9 Å². The zero-order valence-electron chi connectivity index (χ0n) is 8.12. The molecular formula is C11H15BrN2. The Kier molecular flexibility index (Phi) is 3.19. The lowest BCUT2D eigenvalue weighted by atomic mass is 9.81. The van der Waals surface area contributed by atoms with Gasteiger partial charge in [-0.2, -0.15) is 0 Å². The Bertz CT molecular complexity index is 314. The summed E-state index contributed by atoms with van der Waals surface area (Å²) in [5.41, 5.74) is 7.46. The number of nitrogens with zero attached hydrogens (tertiary/aromatic N) is 1.